The molecule has 1 saturated carbocycles. The number of nitrogens with two attached hydrogens (primary N) is 1. The summed E-state index contributed by atoms with van der Waals surface area (Å²) in [7, 11) is 0. The molecule has 1 aliphatic carbocycles. The van der Waals surface area contributed by atoms with Crippen LogP contribution in [-0.2, 0) is 0 Å². The second-order valence-electron chi connectivity index (χ2n) is 5.40. The number of nitrogen functional groups attached to an aromatic ring is 1. The standard InChI is InChI=1S/C14H20F2N2/c1-9(2)8-18(11-4-5-11)13-6-3-10(17)7-12(13)14(15)16/h3,6-7,9,11,14H,4-5,8,17H2,1-2H3. The second-order valence-corrected chi connectivity index (χ2v) is 5.40. The molecule has 0 saturated heterocycles. The first-order valence-corrected chi connectivity index (χ1v) is 6.43. The fraction of sp³-hybridized carbons (Fsp3) is 0.571. The predicted molar refractivity (Wildman–Crippen MR) is 71.0 cm³/mol. The highest BCUT2D eigenvalue weighted by Crippen LogP contribution is 2.38. The van der Waals surface area contributed by atoms with Crippen LogP contribution in [0.1, 0.15) is 38.7 Å². The maximum Gasteiger partial charge on any atom is 0.265 e. The zero-order valence-corrected chi connectivity index (χ0v) is 10.9. The van der Waals surface area contributed by atoms with Crippen LogP contribution in [0.5, 0.6) is 0 Å². The molecule has 0 unspecified atom stereocenters. The lowest BCUT2D eigenvalue weighted by Gasteiger charge is -2.29. The van der Waals surface area contributed by atoms with E-state index in [2.05, 4.69) is 18.7 Å². The fourth-order valence-corrected chi connectivity index (χ4v) is 2.23. The van der Waals surface area contributed by atoms with Crippen molar-refractivity contribution in [3.63, 3.8) is 0 Å². The minimum atomic E-state index is -2.48. The number of halogens is 2. The Kier molecular flexibility index (Phi) is 3.73. The van der Waals surface area contributed by atoms with Crippen LogP contribution in [0.4, 0.5) is 20.2 Å². The Labute approximate surface area is 107 Å². The lowest BCUT2D eigenvalue weighted by Crippen LogP contribution is -2.30. The van der Waals surface area contributed by atoms with Crippen molar-refractivity contribution in [1.29, 1.82) is 0 Å². The highest BCUT2D eigenvalue weighted by molar-refractivity contribution is 5.61. The molecule has 1 aliphatic rings. The topological polar surface area (TPSA) is 29.3 Å². The average Bonchev–Trinajstić information content (AvgIpc) is 3.09. The van der Waals surface area contributed by atoms with Gasteiger partial charge in [0.05, 0.1) is 0 Å². The quantitative estimate of drug-likeness (QED) is 0.809. The van der Waals surface area contributed by atoms with Crippen LogP contribution in [0.2, 0.25) is 0 Å². The van der Waals surface area contributed by atoms with Crippen LogP contribution in [0.3, 0.4) is 0 Å². The molecule has 2 nitrogen and oxygen atoms in total. The summed E-state index contributed by atoms with van der Waals surface area (Å²) in [6.45, 7) is 5.03. The van der Waals surface area contributed by atoms with E-state index < -0.39 is 6.43 Å². The summed E-state index contributed by atoms with van der Waals surface area (Å²) in [6, 6.07) is 5.26. The Morgan fingerprint density at radius 1 is 1.33 bits per heavy atom. The van der Waals surface area contributed by atoms with Crippen LogP contribution < -0.4 is 10.6 Å². The summed E-state index contributed by atoms with van der Waals surface area (Å²) in [5.74, 6) is 0.452. The van der Waals surface area contributed by atoms with E-state index in [9.17, 15) is 8.78 Å². The summed E-state index contributed by atoms with van der Waals surface area (Å²) >= 11 is 0. The summed E-state index contributed by atoms with van der Waals surface area (Å²) in [5.41, 5.74) is 6.71. The first kappa shape index (κ1) is 13.1. The molecule has 4 heteroatoms. The van der Waals surface area contributed by atoms with Gasteiger partial charge in [0.1, 0.15) is 0 Å². The summed E-state index contributed by atoms with van der Waals surface area (Å²) in [5, 5.41) is 0. The Bertz CT molecular complexity index is 414. The van der Waals surface area contributed by atoms with Crippen LogP contribution in [0.25, 0.3) is 0 Å². The van der Waals surface area contributed by atoms with E-state index >= 15 is 0 Å². The van der Waals surface area contributed by atoms with Gasteiger partial charge < -0.3 is 10.6 Å². The van der Waals surface area contributed by atoms with Crippen molar-refractivity contribution in [2.24, 2.45) is 5.92 Å². The fourth-order valence-electron chi connectivity index (χ4n) is 2.23. The van der Waals surface area contributed by atoms with Crippen LogP contribution in [-0.4, -0.2) is 12.6 Å². The van der Waals surface area contributed by atoms with Gasteiger partial charge in [-0.05, 0) is 37.0 Å². The van der Waals surface area contributed by atoms with Crippen LogP contribution in [0.15, 0.2) is 18.2 Å². The van der Waals surface area contributed by atoms with Gasteiger partial charge in [-0.15, -0.1) is 0 Å². The molecule has 0 bridgehead atoms. The monoisotopic (exact) mass is 254 g/mol. The number of hydrogen-bond donors (Lipinski definition) is 1. The van der Waals surface area contributed by atoms with Gasteiger partial charge in [-0.3, -0.25) is 0 Å². The molecule has 2 N–H and O–H groups in total. The molecule has 0 aliphatic heterocycles. The molecule has 0 aromatic heterocycles. The number of rotatable bonds is 5. The molecule has 0 radical (unpaired) electrons. The normalized spacial score (nSPS) is 15.4. The first-order valence-electron chi connectivity index (χ1n) is 6.43. The van der Waals surface area contributed by atoms with E-state index in [4.69, 9.17) is 5.73 Å². The molecule has 0 spiro atoms. The molecule has 2 rings (SSSR count). The lowest BCUT2D eigenvalue weighted by atomic mass is 10.1. The molecule has 100 valence electrons. The average molecular weight is 254 g/mol. The zero-order valence-electron chi connectivity index (χ0n) is 10.9. The van der Waals surface area contributed by atoms with Crippen molar-refractivity contribution in [3.05, 3.63) is 23.8 Å². The first-order chi connectivity index (χ1) is 8.49. The number of benzene rings is 1. The highest BCUT2D eigenvalue weighted by atomic mass is 19.3. The van der Waals surface area contributed by atoms with E-state index in [0.29, 0.717) is 23.3 Å². The van der Waals surface area contributed by atoms with Gasteiger partial charge >= 0.3 is 0 Å². The third kappa shape index (κ3) is 2.92. The lowest BCUT2D eigenvalue weighted by molar-refractivity contribution is 0.152. The zero-order chi connectivity index (χ0) is 13.3. The molecule has 1 aromatic carbocycles. The van der Waals surface area contributed by atoms with Crippen molar-refractivity contribution in [3.8, 4) is 0 Å². The Morgan fingerprint density at radius 3 is 2.50 bits per heavy atom. The van der Waals surface area contributed by atoms with Gasteiger partial charge in [-0.2, -0.15) is 0 Å². The van der Waals surface area contributed by atoms with E-state index in [1.165, 1.54) is 6.07 Å². The Morgan fingerprint density at radius 2 is 2.00 bits per heavy atom. The van der Waals surface area contributed by atoms with Crippen molar-refractivity contribution in [1.82, 2.24) is 0 Å². The SMILES string of the molecule is CC(C)CN(c1ccc(N)cc1C(F)F)C1CC1. The van der Waals surface area contributed by atoms with E-state index in [0.717, 1.165) is 19.4 Å². The molecule has 1 fully saturated rings. The number of alkyl halides is 2. The minimum Gasteiger partial charge on any atom is -0.399 e. The third-order valence-corrected chi connectivity index (χ3v) is 3.15. The molecular formula is C14H20F2N2. The summed E-state index contributed by atoms with van der Waals surface area (Å²) in [6.07, 6.45) is -0.281. The van der Waals surface area contributed by atoms with Gasteiger partial charge in [0.2, 0.25) is 0 Å². The van der Waals surface area contributed by atoms with Gasteiger partial charge in [-0.1, -0.05) is 13.8 Å². The molecule has 1 aromatic rings. The summed E-state index contributed by atoms with van der Waals surface area (Å²) < 4.78 is 26.2. The molecule has 0 amide bonds. The molecule has 0 heterocycles. The van der Waals surface area contributed by atoms with Gasteiger partial charge in [0.15, 0.2) is 0 Å². The van der Waals surface area contributed by atoms with Gasteiger partial charge in [0, 0.05) is 29.5 Å². The van der Waals surface area contributed by atoms with E-state index in [1.807, 2.05) is 0 Å². The molecule has 0 atom stereocenters. The second kappa shape index (κ2) is 5.12. The Hall–Kier alpha value is -1.32. The summed E-state index contributed by atoms with van der Waals surface area (Å²) in [4.78, 5) is 2.12. The smallest absolute Gasteiger partial charge is 0.265 e. The van der Waals surface area contributed by atoms with Crippen LogP contribution in [0, 0.1) is 5.92 Å². The maximum absolute atomic E-state index is 13.1. The highest BCUT2D eigenvalue weighted by Gasteiger charge is 2.31. The van der Waals surface area contributed by atoms with Crippen molar-refractivity contribution < 1.29 is 8.78 Å². The van der Waals surface area contributed by atoms with Gasteiger partial charge in [0.25, 0.3) is 6.43 Å². The van der Waals surface area contributed by atoms with Crippen molar-refractivity contribution in [2.45, 2.75) is 39.2 Å². The third-order valence-electron chi connectivity index (χ3n) is 3.15. The number of hydrogen-bond acceptors (Lipinski definition) is 2. The Balaban J connectivity index is 2.34. The minimum absolute atomic E-state index is 0.0579. The predicted octanol–water partition coefficient (Wildman–Crippen LogP) is 3.83. The van der Waals surface area contributed by atoms with Crippen molar-refractivity contribution >= 4 is 11.4 Å². The van der Waals surface area contributed by atoms with E-state index in [1.54, 1.807) is 12.1 Å². The molecular weight excluding hydrogens is 234 g/mol. The maximum atomic E-state index is 13.1. The molecule has 18 heavy (non-hydrogen) atoms. The van der Waals surface area contributed by atoms with Gasteiger partial charge in [-0.25, -0.2) is 8.78 Å². The number of anilines is 2. The van der Waals surface area contributed by atoms with E-state index in [-0.39, 0.29) is 5.56 Å². The number of nitrogens with zero attached hydrogens (tertiary/aromatic N) is 1. The van der Waals surface area contributed by atoms with Crippen LogP contribution >= 0.6 is 0 Å². The largest absolute Gasteiger partial charge is 0.399 e. The van der Waals surface area contributed by atoms with Crippen molar-refractivity contribution in [2.75, 3.05) is 17.2 Å².